The standard InChI is InChI=1S/C24H30N3/c1-15-12-16(2)14-18(13-15)21-25-22-24(6,7)23(4,5)19-11-9-10-17(3)20(19)27(22)26(21)8/h9-14H,1-8H3/q+1/i1D3,4D3,5D3,6D3. The highest BCUT2D eigenvalue weighted by Crippen LogP contribution is 2.49. The van der Waals surface area contributed by atoms with Crippen molar-refractivity contribution in [2.24, 2.45) is 7.05 Å². The van der Waals surface area contributed by atoms with E-state index in [-0.39, 0.29) is 28.5 Å². The van der Waals surface area contributed by atoms with E-state index in [9.17, 15) is 0 Å². The van der Waals surface area contributed by atoms with Crippen LogP contribution in [0.5, 0.6) is 0 Å². The molecule has 0 N–H and O–H groups in total. The first-order valence-electron chi connectivity index (χ1n) is 14.7. The van der Waals surface area contributed by atoms with E-state index in [1.165, 1.54) is 33.6 Å². The lowest BCUT2D eigenvalue weighted by Crippen LogP contribution is -2.51. The van der Waals surface area contributed by atoms with E-state index >= 15 is 0 Å². The largest absolute Gasteiger partial charge is 0.351 e. The highest BCUT2D eigenvalue weighted by atomic mass is 15.5. The molecule has 1 atom stereocenters. The van der Waals surface area contributed by atoms with Crippen LogP contribution in [0.4, 0.5) is 0 Å². The minimum Gasteiger partial charge on any atom is -0.147 e. The molecule has 1 aromatic heterocycles. The molecule has 4 rings (SSSR count). The summed E-state index contributed by atoms with van der Waals surface area (Å²) in [5.74, 6) is -0.0956. The molecule has 0 fully saturated rings. The Balaban J connectivity index is 2.27. The zero-order valence-electron chi connectivity index (χ0n) is 27.8. The molecule has 0 saturated heterocycles. The number of hydrogen-bond donors (Lipinski definition) is 0. The molecule has 2 heterocycles. The van der Waals surface area contributed by atoms with Crippen molar-refractivity contribution in [3.8, 4) is 17.1 Å². The fraction of sp³-hybridized carbons (Fsp3) is 0.417. The molecule has 1 aliphatic heterocycles. The van der Waals surface area contributed by atoms with E-state index in [0.717, 1.165) is 6.92 Å². The number of fused-ring (bicyclic) bond motifs is 3. The zero-order valence-corrected chi connectivity index (χ0v) is 15.8. The van der Waals surface area contributed by atoms with E-state index in [1.54, 1.807) is 33.0 Å². The van der Waals surface area contributed by atoms with E-state index in [4.69, 9.17) is 16.4 Å². The van der Waals surface area contributed by atoms with Crippen LogP contribution < -0.4 is 4.68 Å². The lowest BCUT2D eigenvalue weighted by molar-refractivity contribution is -0.736. The fourth-order valence-electron chi connectivity index (χ4n) is 3.88. The molecular formula is C24H30N3+. The quantitative estimate of drug-likeness (QED) is 0.559. The summed E-state index contributed by atoms with van der Waals surface area (Å²) in [6.45, 7) is -7.61. The monoisotopic (exact) mass is 372 g/mol. The van der Waals surface area contributed by atoms with Gasteiger partial charge in [0.05, 0.1) is 16.7 Å². The van der Waals surface area contributed by atoms with Crippen LogP contribution in [0, 0.1) is 20.7 Å². The first-order chi connectivity index (χ1) is 17.5. The second kappa shape index (κ2) is 5.54. The Morgan fingerprint density at radius 3 is 2.48 bits per heavy atom. The third kappa shape index (κ3) is 2.33. The molecule has 0 saturated carbocycles. The number of hydrogen-bond acceptors (Lipinski definition) is 1. The summed E-state index contributed by atoms with van der Waals surface area (Å²) in [5.41, 5.74) is -3.75. The maximum atomic E-state index is 8.60. The first-order valence-corrected chi connectivity index (χ1v) is 8.74. The Hall–Kier alpha value is -2.42. The van der Waals surface area contributed by atoms with Gasteiger partial charge in [0.25, 0.3) is 5.82 Å². The van der Waals surface area contributed by atoms with Crippen LogP contribution in [0.25, 0.3) is 17.1 Å². The number of para-hydroxylation sites is 1. The third-order valence-electron chi connectivity index (χ3n) is 5.41. The molecule has 1 unspecified atom stereocenters. The summed E-state index contributed by atoms with van der Waals surface area (Å²) in [6, 6.07) is 9.21. The molecule has 3 aromatic rings. The maximum absolute atomic E-state index is 8.60. The molecule has 0 bridgehead atoms. The molecule has 2 aromatic carbocycles. The number of benzene rings is 2. The molecule has 3 heteroatoms. The summed E-state index contributed by atoms with van der Waals surface area (Å²) >= 11 is 0. The van der Waals surface area contributed by atoms with Crippen LogP contribution in [0.15, 0.2) is 36.4 Å². The lowest BCUT2D eigenvalue weighted by Gasteiger charge is -2.44. The number of aromatic nitrogens is 3. The number of aryl methyl sites for hydroxylation is 3. The second-order valence-corrected chi connectivity index (χ2v) is 7.53. The van der Waals surface area contributed by atoms with Gasteiger partial charge in [-0.1, -0.05) is 38.0 Å². The minimum atomic E-state index is -3.29. The van der Waals surface area contributed by atoms with Gasteiger partial charge in [-0.2, -0.15) is 0 Å². The van der Waals surface area contributed by atoms with Crippen molar-refractivity contribution in [3.63, 3.8) is 0 Å². The van der Waals surface area contributed by atoms with Gasteiger partial charge in [0.2, 0.25) is 0 Å². The average molecular weight is 373 g/mol. The molecule has 0 radical (unpaired) electrons. The predicted molar refractivity (Wildman–Crippen MR) is 110 cm³/mol. The highest BCUT2D eigenvalue weighted by Gasteiger charge is 2.53. The van der Waals surface area contributed by atoms with Gasteiger partial charge >= 0.3 is 5.82 Å². The Kier molecular flexibility index (Phi) is 1.79. The topological polar surface area (TPSA) is 21.7 Å². The Labute approximate surface area is 179 Å². The molecule has 0 aliphatic carbocycles. The summed E-state index contributed by atoms with van der Waals surface area (Å²) in [6.07, 6.45) is 0. The molecule has 140 valence electrons. The second-order valence-electron chi connectivity index (χ2n) is 7.53. The van der Waals surface area contributed by atoms with Crippen molar-refractivity contribution < 1.29 is 21.1 Å². The van der Waals surface area contributed by atoms with Crippen LogP contribution in [0.3, 0.4) is 0 Å². The maximum Gasteiger partial charge on any atom is 0.351 e. The van der Waals surface area contributed by atoms with Crippen molar-refractivity contribution >= 4 is 0 Å². The zero-order chi connectivity index (χ0) is 29.7. The Bertz CT molecular complexity index is 1440. The van der Waals surface area contributed by atoms with Gasteiger partial charge in [0.15, 0.2) is 0 Å². The third-order valence-corrected chi connectivity index (χ3v) is 5.41. The normalized spacial score (nSPS) is 28.7. The van der Waals surface area contributed by atoms with E-state index < -0.39 is 38.2 Å². The first kappa shape index (κ1) is 8.72. The minimum absolute atomic E-state index is 0.0537. The smallest absolute Gasteiger partial charge is 0.147 e. The van der Waals surface area contributed by atoms with Crippen molar-refractivity contribution in [3.05, 3.63) is 64.5 Å². The van der Waals surface area contributed by atoms with Gasteiger partial charge in [-0.25, -0.2) is 0 Å². The number of rotatable bonds is 1. The Morgan fingerprint density at radius 2 is 1.78 bits per heavy atom. The summed E-state index contributed by atoms with van der Waals surface area (Å²) in [4.78, 5) is 4.65. The Morgan fingerprint density at radius 1 is 1.04 bits per heavy atom. The van der Waals surface area contributed by atoms with Crippen LogP contribution in [-0.4, -0.2) is 9.67 Å². The van der Waals surface area contributed by atoms with Gasteiger partial charge in [-0.05, 0) is 73.8 Å². The van der Waals surface area contributed by atoms with Gasteiger partial charge < -0.3 is 0 Å². The average Bonchev–Trinajstić information content (AvgIpc) is 3.08. The van der Waals surface area contributed by atoms with Gasteiger partial charge in [-0.15, -0.1) is 9.36 Å². The fourth-order valence-corrected chi connectivity index (χ4v) is 3.88. The SMILES string of the molecule is [2H]C([2H])([2H])c1cc(C)cc(-c2nc3n([n+]2C)-c2c(C)cccc2C(C([2H])([2H])[2H])(C([2H])([2H])[2H])C3(C)C([2H])([2H])[2H])c1. The molecule has 1 aliphatic rings. The van der Waals surface area contributed by atoms with Crippen LogP contribution in [0.2, 0.25) is 0 Å². The van der Waals surface area contributed by atoms with Gasteiger partial charge in [0, 0.05) is 21.9 Å². The molecule has 0 amide bonds. The van der Waals surface area contributed by atoms with Crippen LogP contribution in [-0.2, 0) is 17.9 Å². The van der Waals surface area contributed by atoms with Gasteiger partial charge in [-0.3, -0.25) is 0 Å². The van der Waals surface area contributed by atoms with E-state index in [1.807, 2.05) is 0 Å². The van der Waals surface area contributed by atoms with E-state index in [2.05, 4.69) is 4.98 Å². The van der Waals surface area contributed by atoms with Crippen molar-refractivity contribution in [1.82, 2.24) is 9.67 Å². The summed E-state index contributed by atoms with van der Waals surface area (Å²) in [7, 11) is 1.59. The molecule has 27 heavy (non-hydrogen) atoms. The van der Waals surface area contributed by atoms with Crippen molar-refractivity contribution in [2.45, 2.75) is 59.0 Å². The van der Waals surface area contributed by atoms with Crippen LogP contribution >= 0.6 is 0 Å². The van der Waals surface area contributed by atoms with Crippen molar-refractivity contribution in [2.75, 3.05) is 0 Å². The molecular weight excluding hydrogens is 330 g/mol. The summed E-state index contributed by atoms with van der Waals surface area (Å²) in [5, 5.41) is 0. The molecule has 0 spiro atoms. The highest BCUT2D eigenvalue weighted by molar-refractivity contribution is 5.59. The van der Waals surface area contributed by atoms with E-state index in [0.29, 0.717) is 16.7 Å². The predicted octanol–water partition coefficient (Wildman–Crippen LogP) is 4.86. The van der Waals surface area contributed by atoms with Gasteiger partial charge in [0.1, 0.15) is 7.05 Å². The molecule has 3 nitrogen and oxygen atoms in total. The lowest BCUT2D eigenvalue weighted by atomic mass is 9.61. The number of nitrogens with zero attached hydrogens (tertiary/aromatic N) is 3. The summed E-state index contributed by atoms with van der Waals surface area (Å²) < 4.78 is 104. The van der Waals surface area contributed by atoms with Crippen LogP contribution in [0.1, 0.15) is 72.0 Å². The van der Waals surface area contributed by atoms with Crippen molar-refractivity contribution in [1.29, 1.82) is 0 Å².